The van der Waals surface area contributed by atoms with Crippen LogP contribution in [0.3, 0.4) is 0 Å². The Labute approximate surface area is 199 Å². The summed E-state index contributed by atoms with van der Waals surface area (Å²) in [6, 6.07) is 5.86. The summed E-state index contributed by atoms with van der Waals surface area (Å²) in [5.41, 5.74) is 0.240. The number of nitrogens with zero attached hydrogens (tertiary/aromatic N) is 5. The molecule has 1 saturated heterocycles. The average Bonchev–Trinajstić information content (AvgIpc) is 3.30. The number of nitrogens with one attached hydrogen (secondary N) is 1. The van der Waals surface area contributed by atoms with E-state index >= 15 is 0 Å². The molecule has 1 aliphatic heterocycles. The zero-order chi connectivity index (χ0) is 24.2. The number of aromatic nitrogens is 4. The highest BCUT2D eigenvalue weighted by atomic mass is 79.9. The fourth-order valence-electron chi connectivity index (χ4n) is 3.42. The van der Waals surface area contributed by atoms with Crippen LogP contribution in [-0.4, -0.2) is 61.8 Å². The third-order valence-electron chi connectivity index (χ3n) is 4.99. The summed E-state index contributed by atoms with van der Waals surface area (Å²) < 4.78 is 36.3. The summed E-state index contributed by atoms with van der Waals surface area (Å²) in [4.78, 5) is 37.3. The van der Waals surface area contributed by atoms with Crippen molar-refractivity contribution in [3.8, 4) is 17.1 Å². The normalized spacial score (nSPS) is 15.9. The first-order valence-corrected chi connectivity index (χ1v) is 10.8. The number of hydrogen-bond acceptors (Lipinski definition) is 8. The standard InChI is InChI=1S/C20H17BrF2N6O5/c21-14-5-1-4-12(25-14)17(30)26-16-13(33-19(22)23)7-11(8-24-16)15-27-18(34-28-15)10-3-2-6-29(9-10)20(31)32/h1,4-5,7-8,10,19H,2-3,6,9H2,(H,31,32)(H,24,26,30)/t10-/m0/s1. The zero-order valence-corrected chi connectivity index (χ0v) is 18.9. The number of piperidine rings is 1. The molecule has 0 aromatic carbocycles. The molecular formula is C20H17BrF2N6O5. The number of pyridine rings is 2. The van der Waals surface area contributed by atoms with Gasteiger partial charge in [0.25, 0.3) is 5.91 Å². The Morgan fingerprint density at radius 2 is 2.15 bits per heavy atom. The average molecular weight is 539 g/mol. The van der Waals surface area contributed by atoms with Gasteiger partial charge in [0, 0.05) is 24.8 Å². The van der Waals surface area contributed by atoms with Crippen molar-refractivity contribution in [1.29, 1.82) is 0 Å². The molecule has 1 aliphatic rings. The molecule has 3 aromatic rings. The predicted molar refractivity (Wildman–Crippen MR) is 116 cm³/mol. The molecule has 11 nitrogen and oxygen atoms in total. The smallest absolute Gasteiger partial charge is 0.407 e. The topological polar surface area (TPSA) is 144 Å². The third kappa shape index (κ3) is 5.44. The summed E-state index contributed by atoms with van der Waals surface area (Å²) in [5, 5.41) is 15.5. The zero-order valence-electron chi connectivity index (χ0n) is 17.3. The second-order valence-corrected chi connectivity index (χ2v) is 8.09. The van der Waals surface area contributed by atoms with E-state index in [9.17, 15) is 23.5 Å². The van der Waals surface area contributed by atoms with Gasteiger partial charge in [0.05, 0.1) is 5.92 Å². The van der Waals surface area contributed by atoms with Gasteiger partial charge in [-0.25, -0.2) is 14.8 Å². The molecule has 0 unspecified atom stereocenters. The van der Waals surface area contributed by atoms with Crippen molar-refractivity contribution in [2.24, 2.45) is 0 Å². The van der Waals surface area contributed by atoms with Crippen LogP contribution >= 0.6 is 15.9 Å². The van der Waals surface area contributed by atoms with E-state index in [0.29, 0.717) is 24.0 Å². The van der Waals surface area contributed by atoms with Gasteiger partial charge in [-0.3, -0.25) is 4.79 Å². The molecule has 4 rings (SSSR count). The van der Waals surface area contributed by atoms with E-state index in [1.165, 1.54) is 23.2 Å². The van der Waals surface area contributed by atoms with Crippen molar-refractivity contribution in [2.75, 3.05) is 18.4 Å². The summed E-state index contributed by atoms with van der Waals surface area (Å²) in [7, 11) is 0. The van der Waals surface area contributed by atoms with Gasteiger partial charge in [-0.1, -0.05) is 11.2 Å². The van der Waals surface area contributed by atoms with Crippen molar-refractivity contribution in [3.63, 3.8) is 0 Å². The summed E-state index contributed by atoms with van der Waals surface area (Å²) in [6.45, 7) is -2.54. The minimum Gasteiger partial charge on any atom is -0.465 e. The monoisotopic (exact) mass is 538 g/mol. The van der Waals surface area contributed by atoms with Gasteiger partial charge in [-0.05, 0) is 47.0 Å². The Morgan fingerprint density at radius 3 is 2.88 bits per heavy atom. The van der Waals surface area contributed by atoms with Crippen molar-refractivity contribution >= 4 is 33.7 Å². The van der Waals surface area contributed by atoms with E-state index in [1.807, 2.05) is 0 Å². The molecule has 0 saturated carbocycles. The fraction of sp³-hybridized carbons (Fsp3) is 0.300. The van der Waals surface area contributed by atoms with Gasteiger partial charge in [0.1, 0.15) is 10.3 Å². The first-order valence-electron chi connectivity index (χ1n) is 10.0. The lowest BCUT2D eigenvalue weighted by Crippen LogP contribution is -2.38. The van der Waals surface area contributed by atoms with E-state index in [1.54, 1.807) is 12.1 Å². The van der Waals surface area contributed by atoms with Crippen LogP contribution in [-0.2, 0) is 0 Å². The molecule has 1 atom stereocenters. The maximum atomic E-state index is 13.0. The Kier molecular flexibility index (Phi) is 6.95. The van der Waals surface area contributed by atoms with E-state index in [4.69, 9.17) is 4.52 Å². The lowest BCUT2D eigenvalue weighted by Gasteiger charge is -2.28. The second kappa shape index (κ2) is 10.1. The van der Waals surface area contributed by atoms with Gasteiger partial charge in [0.15, 0.2) is 11.6 Å². The van der Waals surface area contributed by atoms with Crippen LogP contribution in [0.1, 0.15) is 35.1 Å². The molecule has 178 valence electrons. The van der Waals surface area contributed by atoms with Crippen molar-refractivity contribution < 1.29 is 32.7 Å². The molecule has 2 amide bonds. The highest BCUT2D eigenvalue weighted by Gasteiger charge is 2.29. The molecule has 0 spiro atoms. The molecule has 3 aromatic heterocycles. The maximum absolute atomic E-state index is 13.0. The van der Waals surface area contributed by atoms with E-state index in [0.717, 1.165) is 0 Å². The number of anilines is 1. The number of carboxylic acid groups (broad SMARTS) is 1. The Balaban J connectivity index is 1.56. The third-order valence-corrected chi connectivity index (χ3v) is 5.43. The number of halogens is 3. The van der Waals surface area contributed by atoms with Gasteiger partial charge in [-0.15, -0.1) is 0 Å². The Hall–Kier alpha value is -3.68. The largest absolute Gasteiger partial charge is 0.465 e. The van der Waals surface area contributed by atoms with Crippen LogP contribution in [0.15, 0.2) is 39.6 Å². The fourth-order valence-corrected chi connectivity index (χ4v) is 3.77. The van der Waals surface area contributed by atoms with Gasteiger partial charge in [-0.2, -0.15) is 13.8 Å². The molecule has 0 aliphatic carbocycles. The van der Waals surface area contributed by atoms with Crippen LogP contribution in [0.25, 0.3) is 11.4 Å². The molecule has 14 heteroatoms. The Morgan fingerprint density at radius 1 is 1.32 bits per heavy atom. The lowest BCUT2D eigenvalue weighted by molar-refractivity contribution is -0.0495. The van der Waals surface area contributed by atoms with Crippen molar-refractivity contribution in [1.82, 2.24) is 25.0 Å². The van der Waals surface area contributed by atoms with Crippen LogP contribution in [0, 0.1) is 0 Å². The van der Waals surface area contributed by atoms with E-state index in [-0.39, 0.29) is 41.3 Å². The molecule has 2 N–H and O–H groups in total. The van der Waals surface area contributed by atoms with Crippen LogP contribution < -0.4 is 10.1 Å². The number of amides is 2. The minimum atomic E-state index is -3.18. The minimum absolute atomic E-state index is 0.0361. The number of rotatable bonds is 6. The number of carbonyl (C=O) groups is 2. The van der Waals surface area contributed by atoms with Crippen LogP contribution in [0.4, 0.5) is 19.4 Å². The first-order chi connectivity index (χ1) is 16.3. The van der Waals surface area contributed by atoms with Gasteiger partial charge < -0.3 is 24.6 Å². The SMILES string of the molecule is O=C(Nc1ncc(-c2noc([C@H]3CCCN(C(=O)O)C3)n2)cc1OC(F)F)c1cccc(Br)n1. The molecule has 1 fully saturated rings. The number of carbonyl (C=O) groups excluding carboxylic acids is 1. The lowest BCUT2D eigenvalue weighted by atomic mass is 9.98. The Bertz CT molecular complexity index is 1210. The van der Waals surface area contributed by atoms with Crippen molar-refractivity contribution in [3.05, 3.63) is 46.7 Å². The predicted octanol–water partition coefficient (Wildman–Crippen LogP) is 4.00. The second-order valence-electron chi connectivity index (χ2n) is 7.27. The number of hydrogen-bond donors (Lipinski definition) is 2. The number of ether oxygens (including phenoxy) is 1. The van der Waals surface area contributed by atoms with Crippen LogP contribution in [0.5, 0.6) is 5.75 Å². The number of alkyl halides is 2. The highest BCUT2D eigenvalue weighted by molar-refractivity contribution is 9.10. The number of likely N-dealkylation sites (tertiary alicyclic amines) is 1. The molecule has 0 bridgehead atoms. The maximum Gasteiger partial charge on any atom is 0.407 e. The highest BCUT2D eigenvalue weighted by Crippen LogP contribution is 2.31. The summed E-state index contributed by atoms with van der Waals surface area (Å²) in [6.07, 6.45) is 1.54. The van der Waals surface area contributed by atoms with Gasteiger partial charge >= 0.3 is 12.7 Å². The summed E-state index contributed by atoms with van der Waals surface area (Å²) >= 11 is 3.15. The van der Waals surface area contributed by atoms with Gasteiger partial charge in [0.2, 0.25) is 11.7 Å². The van der Waals surface area contributed by atoms with Crippen LogP contribution in [0.2, 0.25) is 0 Å². The van der Waals surface area contributed by atoms with E-state index < -0.39 is 24.4 Å². The molecular weight excluding hydrogens is 522 g/mol. The first kappa shape index (κ1) is 23.5. The van der Waals surface area contributed by atoms with Crippen molar-refractivity contribution in [2.45, 2.75) is 25.4 Å². The quantitative estimate of drug-likeness (QED) is 0.444. The summed E-state index contributed by atoms with van der Waals surface area (Å²) in [5.74, 6) is -1.33. The molecule has 0 radical (unpaired) electrons. The molecule has 4 heterocycles. The van der Waals surface area contributed by atoms with E-state index in [2.05, 4.69) is 46.1 Å². The molecule has 34 heavy (non-hydrogen) atoms.